The van der Waals surface area contributed by atoms with E-state index in [0.29, 0.717) is 28.1 Å². The van der Waals surface area contributed by atoms with Crippen molar-refractivity contribution in [3.05, 3.63) is 58.7 Å². The van der Waals surface area contributed by atoms with E-state index >= 15 is 0 Å². The quantitative estimate of drug-likeness (QED) is 0.372. The fourth-order valence-electron chi connectivity index (χ4n) is 5.86. The minimum Gasteiger partial charge on any atom is -0.489 e. The molecule has 2 N–H and O–H groups in total. The molecule has 1 aromatic heterocycles. The predicted molar refractivity (Wildman–Crippen MR) is 143 cm³/mol. The molecule has 7 nitrogen and oxygen atoms in total. The van der Waals surface area contributed by atoms with Gasteiger partial charge in [0.15, 0.2) is 5.75 Å². The van der Waals surface area contributed by atoms with E-state index < -0.39 is 10.0 Å². The zero-order valence-corrected chi connectivity index (χ0v) is 22.4. The van der Waals surface area contributed by atoms with Crippen molar-refractivity contribution in [1.82, 2.24) is 14.6 Å². The summed E-state index contributed by atoms with van der Waals surface area (Å²) in [4.78, 5) is 0. The molecule has 0 radical (unpaired) electrons. The van der Waals surface area contributed by atoms with E-state index in [4.69, 9.17) is 27.9 Å². The summed E-state index contributed by atoms with van der Waals surface area (Å²) in [5.41, 5.74) is 3.29. The molecule has 6 rings (SSSR count). The van der Waals surface area contributed by atoms with Crippen molar-refractivity contribution in [1.29, 1.82) is 5.26 Å². The van der Waals surface area contributed by atoms with Crippen LogP contribution >= 0.6 is 23.2 Å². The number of rotatable bonds is 9. The maximum Gasteiger partial charge on any atom is 0.208 e. The van der Waals surface area contributed by atoms with E-state index in [0.717, 1.165) is 41.4 Å². The second-order valence-electron chi connectivity index (χ2n) is 9.97. The Balaban J connectivity index is 1.35. The Morgan fingerprint density at radius 3 is 2.72 bits per heavy atom. The molecule has 2 aromatic carbocycles. The van der Waals surface area contributed by atoms with Gasteiger partial charge in [0.05, 0.1) is 28.2 Å². The molecule has 3 saturated carbocycles. The first kappa shape index (κ1) is 25.4. The summed E-state index contributed by atoms with van der Waals surface area (Å²) in [6.45, 7) is 2.42. The number of aromatic nitrogens is 1. The number of hydrogen-bond acceptors (Lipinski definition) is 5. The summed E-state index contributed by atoms with van der Waals surface area (Å²) in [5.74, 6) is 1.06. The first-order chi connectivity index (χ1) is 17.1. The highest BCUT2D eigenvalue weighted by atomic mass is 35.5. The van der Waals surface area contributed by atoms with E-state index in [1.807, 2.05) is 16.8 Å². The Labute approximate surface area is 221 Å². The summed E-state index contributed by atoms with van der Waals surface area (Å²) in [5, 5.41) is 14.8. The van der Waals surface area contributed by atoms with Crippen molar-refractivity contribution in [3.8, 4) is 17.5 Å². The van der Waals surface area contributed by atoms with E-state index in [1.165, 1.54) is 6.26 Å². The fourth-order valence-corrected chi connectivity index (χ4v) is 7.03. The van der Waals surface area contributed by atoms with Crippen LogP contribution in [0.1, 0.15) is 43.4 Å². The summed E-state index contributed by atoms with van der Waals surface area (Å²) in [7, 11) is -3.20. The molecule has 36 heavy (non-hydrogen) atoms. The Hall–Kier alpha value is -2.28. The van der Waals surface area contributed by atoms with Crippen LogP contribution in [0.15, 0.2) is 42.6 Å². The molecule has 0 aliphatic heterocycles. The van der Waals surface area contributed by atoms with Crippen molar-refractivity contribution < 1.29 is 13.2 Å². The highest BCUT2D eigenvalue weighted by Gasteiger charge is 2.56. The number of sulfonamides is 1. The summed E-state index contributed by atoms with van der Waals surface area (Å²) in [6, 6.07) is 14.3. The van der Waals surface area contributed by atoms with E-state index in [9.17, 15) is 13.7 Å². The molecule has 190 valence electrons. The number of nitrogens with zero attached hydrogens (tertiary/aromatic N) is 2. The highest BCUT2D eigenvalue weighted by molar-refractivity contribution is 7.88. The minimum atomic E-state index is -3.20. The van der Waals surface area contributed by atoms with Crippen LogP contribution in [0.4, 0.5) is 0 Å². The van der Waals surface area contributed by atoms with Crippen LogP contribution < -0.4 is 14.8 Å². The van der Waals surface area contributed by atoms with Crippen LogP contribution in [-0.4, -0.2) is 43.3 Å². The van der Waals surface area contributed by atoms with Crippen molar-refractivity contribution in [2.45, 2.75) is 43.8 Å². The molecule has 0 spiro atoms. The van der Waals surface area contributed by atoms with Gasteiger partial charge in [0.1, 0.15) is 12.7 Å². The number of fused-ring (bicyclic) bond motifs is 2. The molecule has 0 saturated heterocycles. The lowest BCUT2D eigenvalue weighted by Gasteiger charge is -2.41. The van der Waals surface area contributed by atoms with Crippen LogP contribution in [0.5, 0.6) is 5.75 Å². The van der Waals surface area contributed by atoms with Gasteiger partial charge in [0.25, 0.3) is 0 Å². The zero-order chi connectivity index (χ0) is 25.7. The van der Waals surface area contributed by atoms with Crippen LogP contribution in [-0.2, 0) is 10.0 Å². The molecule has 1 unspecified atom stereocenters. The van der Waals surface area contributed by atoms with Gasteiger partial charge in [-0.15, -0.1) is 11.6 Å². The van der Waals surface area contributed by atoms with Crippen molar-refractivity contribution in [3.63, 3.8) is 0 Å². The number of halogens is 2. The lowest BCUT2D eigenvalue weighted by Crippen LogP contribution is -2.50. The Morgan fingerprint density at radius 1 is 1.25 bits per heavy atom. The number of nitriles is 1. The second-order valence-corrected chi connectivity index (χ2v) is 12.5. The van der Waals surface area contributed by atoms with Crippen LogP contribution in [0.2, 0.25) is 5.02 Å². The average molecular weight is 548 g/mol. The molecule has 2 bridgehead atoms. The maximum atomic E-state index is 11.7. The van der Waals surface area contributed by atoms with Crippen LogP contribution in [0.25, 0.3) is 16.6 Å². The van der Waals surface area contributed by atoms with Gasteiger partial charge in [0.2, 0.25) is 10.0 Å². The van der Waals surface area contributed by atoms with Gasteiger partial charge in [-0.05, 0) is 68.0 Å². The standard InChI is InChI=1S/C26H28Cl2N4O3S/c1-16(30-26-12-20(13-26)23(14-26)31-36(2,33)34)17-3-4-24-18(9-17)5-7-32(24)21-10-19(15-29)25(22(28)11-21)35-8-6-27/h3-5,7,9-11,16,20,23,30-31H,6,8,12-14H2,1-2H3/t16?,20?,23-,26?/m0/s1. The number of nitrogens with one attached hydrogen (secondary N) is 2. The van der Waals surface area contributed by atoms with Gasteiger partial charge < -0.3 is 14.6 Å². The van der Waals surface area contributed by atoms with Gasteiger partial charge in [-0.3, -0.25) is 0 Å². The molecular weight excluding hydrogens is 519 g/mol. The van der Waals surface area contributed by atoms with E-state index in [-0.39, 0.29) is 24.2 Å². The first-order valence-corrected chi connectivity index (χ1v) is 14.7. The SMILES string of the molecule is CC(NC12CC(C1)[C@@H](NS(C)(=O)=O)C2)c1ccc2c(ccn2-c2cc(Cl)c(OCCCl)c(C#N)c2)c1. The molecular formula is C26H28Cl2N4O3S. The normalized spacial score (nSPS) is 23.9. The maximum absolute atomic E-state index is 11.7. The number of benzene rings is 2. The molecule has 2 atom stereocenters. The van der Waals surface area contributed by atoms with Gasteiger partial charge in [-0.2, -0.15) is 5.26 Å². The number of alkyl halides is 1. The van der Waals surface area contributed by atoms with Gasteiger partial charge in [0, 0.05) is 34.9 Å². The third-order valence-electron chi connectivity index (χ3n) is 7.34. The third kappa shape index (κ3) is 4.83. The summed E-state index contributed by atoms with van der Waals surface area (Å²) in [6.07, 6.45) is 6.00. The molecule has 1 heterocycles. The fraction of sp³-hybridized carbons (Fsp3) is 0.423. The second kappa shape index (κ2) is 9.55. The van der Waals surface area contributed by atoms with E-state index in [1.54, 1.807) is 12.1 Å². The highest BCUT2D eigenvalue weighted by Crippen LogP contribution is 2.53. The Bertz CT molecular complexity index is 1460. The lowest BCUT2D eigenvalue weighted by atomic mass is 9.76. The van der Waals surface area contributed by atoms with Crippen molar-refractivity contribution in [2.75, 3.05) is 18.7 Å². The summed E-state index contributed by atoms with van der Waals surface area (Å²) < 4.78 is 33.7. The van der Waals surface area contributed by atoms with Gasteiger partial charge in [-0.25, -0.2) is 13.1 Å². The zero-order valence-electron chi connectivity index (χ0n) is 20.1. The third-order valence-corrected chi connectivity index (χ3v) is 8.50. The minimum absolute atomic E-state index is 0.00888. The van der Waals surface area contributed by atoms with E-state index in [2.05, 4.69) is 41.2 Å². The number of hydrogen-bond donors (Lipinski definition) is 2. The predicted octanol–water partition coefficient (Wildman–Crippen LogP) is 4.89. The molecule has 3 aliphatic carbocycles. The molecule has 3 aliphatic rings. The van der Waals surface area contributed by atoms with Gasteiger partial charge >= 0.3 is 0 Å². The van der Waals surface area contributed by atoms with Crippen molar-refractivity contribution in [2.24, 2.45) is 5.92 Å². The average Bonchev–Trinajstić information content (AvgIpc) is 3.46. The van der Waals surface area contributed by atoms with Crippen LogP contribution in [0.3, 0.4) is 0 Å². The topological polar surface area (TPSA) is 96.2 Å². The smallest absolute Gasteiger partial charge is 0.208 e. The largest absolute Gasteiger partial charge is 0.489 e. The molecule has 10 heteroatoms. The molecule has 0 amide bonds. The Morgan fingerprint density at radius 2 is 2.03 bits per heavy atom. The summed E-state index contributed by atoms with van der Waals surface area (Å²) >= 11 is 12.2. The monoisotopic (exact) mass is 546 g/mol. The number of ether oxygens (including phenoxy) is 1. The van der Waals surface area contributed by atoms with Gasteiger partial charge in [-0.1, -0.05) is 17.7 Å². The molecule has 3 fully saturated rings. The van der Waals surface area contributed by atoms with Crippen LogP contribution in [0, 0.1) is 17.2 Å². The Kier molecular flexibility index (Phi) is 6.73. The molecule has 3 aromatic rings. The van der Waals surface area contributed by atoms with Crippen molar-refractivity contribution >= 4 is 44.1 Å². The first-order valence-electron chi connectivity index (χ1n) is 11.9. The lowest BCUT2D eigenvalue weighted by molar-refractivity contribution is 0.170.